The van der Waals surface area contributed by atoms with Crippen LogP contribution in [0.25, 0.3) is 0 Å². The maximum atomic E-state index is 12.5. The van der Waals surface area contributed by atoms with Gasteiger partial charge in [0.1, 0.15) is 4.75 Å². The van der Waals surface area contributed by atoms with E-state index in [0.717, 1.165) is 12.7 Å². The largest absolute Gasteiger partial charge is 0.481 e. The average molecular weight is 319 g/mol. The molecular formula is C14H25NO5S. The van der Waals surface area contributed by atoms with Crippen LogP contribution in [0.15, 0.2) is 0 Å². The average Bonchev–Trinajstić information content (AvgIpc) is 2.36. The van der Waals surface area contributed by atoms with Crippen molar-refractivity contribution >= 4 is 21.7 Å². The number of sulfone groups is 1. The third-order valence-corrected chi connectivity index (χ3v) is 6.75. The van der Waals surface area contributed by atoms with Crippen molar-refractivity contribution in [3.05, 3.63) is 0 Å². The fourth-order valence-electron chi connectivity index (χ4n) is 2.46. The second-order valence-electron chi connectivity index (χ2n) is 6.90. The molecule has 0 bridgehead atoms. The standard InChI is InChI=1S/C14H25NO5S/c1-13(2,12(17)18)10-7-6-8-15(9-10)11(16)14(3,4)21(5,19)20/h10H,6-9H2,1-5H3,(H,17,18). The van der Waals surface area contributed by atoms with Crippen molar-refractivity contribution in [3.63, 3.8) is 0 Å². The molecule has 0 aliphatic carbocycles. The maximum Gasteiger partial charge on any atom is 0.309 e. The van der Waals surface area contributed by atoms with Gasteiger partial charge in [0.2, 0.25) is 5.91 Å². The Morgan fingerprint density at radius 1 is 1.19 bits per heavy atom. The van der Waals surface area contributed by atoms with Gasteiger partial charge in [-0.25, -0.2) is 8.42 Å². The van der Waals surface area contributed by atoms with Gasteiger partial charge in [0, 0.05) is 19.3 Å². The number of carbonyl (C=O) groups is 2. The molecule has 1 aliphatic heterocycles. The number of aliphatic carboxylic acids is 1. The van der Waals surface area contributed by atoms with Crippen molar-refractivity contribution in [1.82, 2.24) is 4.90 Å². The predicted molar refractivity (Wildman–Crippen MR) is 79.6 cm³/mol. The summed E-state index contributed by atoms with van der Waals surface area (Å²) in [6.45, 7) is 6.86. The molecule has 6 nitrogen and oxygen atoms in total. The van der Waals surface area contributed by atoms with E-state index in [1.807, 2.05) is 0 Å². The van der Waals surface area contributed by atoms with Crippen molar-refractivity contribution in [2.45, 2.75) is 45.3 Å². The van der Waals surface area contributed by atoms with E-state index in [9.17, 15) is 23.1 Å². The van der Waals surface area contributed by atoms with Gasteiger partial charge in [0.05, 0.1) is 5.41 Å². The van der Waals surface area contributed by atoms with E-state index in [4.69, 9.17) is 0 Å². The molecule has 1 heterocycles. The van der Waals surface area contributed by atoms with E-state index in [1.54, 1.807) is 13.8 Å². The van der Waals surface area contributed by atoms with E-state index in [1.165, 1.54) is 18.7 Å². The molecule has 1 fully saturated rings. The Kier molecular flexibility index (Phi) is 4.77. The minimum absolute atomic E-state index is 0.178. The Balaban J connectivity index is 2.97. The van der Waals surface area contributed by atoms with Crippen molar-refractivity contribution in [3.8, 4) is 0 Å². The number of rotatable bonds is 4. The van der Waals surface area contributed by atoms with Crippen molar-refractivity contribution in [1.29, 1.82) is 0 Å². The number of hydrogen-bond acceptors (Lipinski definition) is 4. The van der Waals surface area contributed by atoms with Crippen LogP contribution < -0.4 is 0 Å². The lowest BCUT2D eigenvalue weighted by atomic mass is 9.74. The summed E-state index contributed by atoms with van der Waals surface area (Å²) >= 11 is 0. The van der Waals surface area contributed by atoms with Crippen LogP contribution in [0, 0.1) is 11.3 Å². The topological polar surface area (TPSA) is 91.8 Å². The molecule has 0 aromatic carbocycles. The lowest BCUT2D eigenvalue weighted by molar-refractivity contribution is -0.153. The van der Waals surface area contributed by atoms with Crippen molar-refractivity contribution < 1.29 is 23.1 Å². The van der Waals surface area contributed by atoms with E-state index >= 15 is 0 Å². The zero-order valence-electron chi connectivity index (χ0n) is 13.3. The van der Waals surface area contributed by atoms with Gasteiger partial charge in [-0.1, -0.05) is 0 Å². The lowest BCUT2D eigenvalue weighted by Gasteiger charge is -2.41. The number of hydrogen-bond donors (Lipinski definition) is 1. The fraction of sp³-hybridized carbons (Fsp3) is 0.857. The quantitative estimate of drug-likeness (QED) is 0.839. The minimum atomic E-state index is -3.53. The van der Waals surface area contributed by atoms with Gasteiger partial charge in [-0.15, -0.1) is 0 Å². The summed E-state index contributed by atoms with van der Waals surface area (Å²) < 4.78 is 22.1. The Bertz CT molecular complexity index is 536. The highest BCUT2D eigenvalue weighted by atomic mass is 32.2. The number of carboxylic acid groups (broad SMARTS) is 1. The summed E-state index contributed by atoms with van der Waals surface area (Å²) in [4.78, 5) is 25.4. The molecule has 1 rings (SSSR count). The third kappa shape index (κ3) is 3.39. The summed E-state index contributed by atoms with van der Waals surface area (Å²) in [5, 5.41) is 9.31. The van der Waals surface area contributed by atoms with Crippen LogP contribution in [0.2, 0.25) is 0 Å². The van der Waals surface area contributed by atoms with Gasteiger partial charge in [-0.05, 0) is 46.5 Å². The molecule has 21 heavy (non-hydrogen) atoms. The first-order valence-corrected chi connectivity index (χ1v) is 8.93. The molecular weight excluding hydrogens is 294 g/mol. The Morgan fingerprint density at radius 2 is 1.71 bits per heavy atom. The summed E-state index contributed by atoms with van der Waals surface area (Å²) in [6, 6.07) is 0. The second-order valence-corrected chi connectivity index (χ2v) is 9.46. The maximum absolute atomic E-state index is 12.5. The number of likely N-dealkylation sites (tertiary alicyclic amines) is 1. The van der Waals surface area contributed by atoms with Gasteiger partial charge in [0.25, 0.3) is 0 Å². The molecule has 1 amide bonds. The van der Waals surface area contributed by atoms with Crippen LogP contribution in [0.3, 0.4) is 0 Å². The van der Waals surface area contributed by atoms with Gasteiger partial charge < -0.3 is 10.0 Å². The smallest absolute Gasteiger partial charge is 0.309 e. The van der Waals surface area contributed by atoms with E-state index in [2.05, 4.69) is 0 Å². The molecule has 0 saturated carbocycles. The van der Waals surface area contributed by atoms with Crippen LogP contribution in [-0.2, 0) is 19.4 Å². The lowest BCUT2D eigenvalue weighted by Crippen LogP contribution is -2.54. The van der Waals surface area contributed by atoms with E-state index in [0.29, 0.717) is 13.0 Å². The SMILES string of the molecule is CC(C)(C(=O)O)C1CCCN(C(=O)C(C)(C)S(C)(=O)=O)C1. The summed E-state index contributed by atoms with van der Waals surface area (Å²) in [6.07, 6.45) is 2.46. The third-order valence-electron chi connectivity index (χ3n) is 4.72. The van der Waals surface area contributed by atoms with Gasteiger partial charge in [0.15, 0.2) is 9.84 Å². The van der Waals surface area contributed by atoms with Crippen LogP contribution in [0.4, 0.5) is 0 Å². The van der Waals surface area contributed by atoms with Gasteiger partial charge in [-0.2, -0.15) is 0 Å². The molecule has 1 atom stereocenters. The molecule has 1 saturated heterocycles. The molecule has 1 unspecified atom stereocenters. The predicted octanol–water partition coefficient (Wildman–Crippen LogP) is 1.16. The summed E-state index contributed by atoms with van der Waals surface area (Å²) in [5.74, 6) is -1.52. The summed E-state index contributed by atoms with van der Waals surface area (Å²) in [5.41, 5.74) is -0.936. The van der Waals surface area contributed by atoms with Crippen LogP contribution in [0.1, 0.15) is 40.5 Å². The normalized spacial score (nSPS) is 21.2. The number of piperidine rings is 1. The monoisotopic (exact) mass is 319 g/mol. The molecule has 122 valence electrons. The number of amides is 1. The zero-order chi connectivity index (χ0) is 16.6. The molecule has 1 aliphatic rings. The van der Waals surface area contributed by atoms with Gasteiger partial charge >= 0.3 is 5.97 Å². The van der Waals surface area contributed by atoms with Crippen molar-refractivity contribution in [2.75, 3.05) is 19.3 Å². The van der Waals surface area contributed by atoms with Gasteiger partial charge in [-0.3, -0.25) is 9.59 Å². The Hall–Kier alpha value is -1.11. The molecule has 0 aromatic rings. The first-order chi connectivity index (χ1) is 9.31. The molecule has 0 spiro atoms. The van der Waals surface area contributed by atoms with Crippen LogP contribution in [-0.4, -0.2) is 54.4 Å². The van der Waals surface area contributed by atoms with E-state index in [-0.39, 0.29) is 12.5 Å². The highest BCUT2D eigenvalue weighted by Gasteiger charge is 2.45. The number of carbonyl (C=O) groups excluding carboxylic acids is 1. The Labute approximate surface area is 126 Å². The highest BCUT2D eigenvalue weighted by molar-refractivity contribution is 7.92. The highest BCUT2D eigenvalue weighted by Crippen LogP contribution is 2.35. The zero-order valence-corrected chi connectivity index (χ0v) is 14.2. The molecule has 0 aromatic heterocycles. The molecule has 1 N–H and O–H groups in total. The van der Waals surface area contributed by atoms with E-state index < -0.39 is 31.9 Å². The fourth-order valence-corrected chi connectivity index (χ4v) is 2.91. The number of nitrogens with zero attached hydrogens (tertiary/aromatic N) is 1. The van der Waals surface area contributed by atoms with Crippen LogP contribution in [0.5, 0.6) is 0 Å². The second kappa shape index (κ2) is 5.59. The molecule has 0 radical (unpaired) electrons. The summed E-state index contributed by atoms with van der Waals surface area (Å²) in [7, 11) is -3.53. The molecule has 7 heteroatoms. The first-order valence-electron chi connectivity index (χ1n) is 7.04. The van der Waals surface area contributed by atoms with Crippen molar-refractivity contribution in [2.24, 2.45) is 11.3 Å². The number of carboxylic acids is 1. The Morgan fingerprint density at radius 3 is 2.14 bits per heavy atom. The minimum Gasteiger partial charge on any atom is -0.481 e. The van der Waals surface area contributed by atoms with Crippen LogP contribution >= 0.6 is 0 Å². The first kappa shape index (κ1) is 17.9.